The number of carbonyl (C=O) groups excluding carboxylic acids is 2. The number of amides is 1. The van der Waals surface area contributed by atoms with E-state index in [0.717, 1.165) is 12.2 Å². The second-order valence-electron chi connectivity index (χ2n) is 6.40. The molecule has 0 spiro atoms. The Kier molecular flexibility index (Phi) is 6.52. The molecule has 0 aliphatic carbocycles. The Hall–Kier alpha value is -3.74. The Bertz CT molecular complexity index is 986. The average Bonchev–Trinajstić information content (AvgIpc) is 2.75. The summed E-state index contributed by atoms with van der Waals surface area (Å²) in [7, 11) is 1.64. The van der Waals surface area contributed by atoms with E-state index < -0.39 is 0 Å². The molecule has 1 amide bonds. The highest BCUT2D eigenvalue weighted by Crippen LogP contribution is 2.13. The van der Waals surface area contributed by atoms with Crippen LogP contribution in [0.1, 0.15) is 33.3 Å². The van der Waals surface area contributed by atoms with Gasteiger partial charge in [-0.3, -0.25) is 9.59 Å². The molecule has 0 bridgehead atoms. The predicted octanol–water partition coefficient (Wildman–Crippen LogP) is 3.59. The lowest BCUT2D eigenvalue weighted by Crippen LogP contribution is -2.15. The summed E-state index contributed by atoms with van der Waals surface area (Å²) in [6.07, 6.45) is 3.76. The van der Waals surface area contributed by atoms with E-state index in [2.05, 4.69) is 20.6 Å². The maximum absolute atomic E-state index is 12.3. The maximum atomic E-state index is 12.3. The quantitative estimate of drug-likeness (QED) is 0.571. The summed E-state index contributed by atoms with van der Waals surface area (Å²) in [6.45, 7) is 2.16. The van der Waals surface area contributed by atoms with Crippen LogP contribution in [0.4, 0.5) is 11.5 Å². The topological polar surface area (TPSA) is 93.2 Å². The van der Waals surface area contributed by atoms with Crippen LogP contribution in [0, 0.1) is 0 Å². The summed E-state index contributed by atoms with van der Waals surface area (Å²) < 4.78 is 5.15. The minimum absolute atomic E-state index is 0.0639. The molecule has 3 rings (SSSR count). The van der Waals surface area contributed by atoms with Crippen LogP contribution in [0.2, 0.25) is 0 Å². The molecule has 0 saturated heterocycles. The van der Waals surface area contributed by atoms with Crippen LogP contribution in [0.5, 0.6) is 5.75 Å². The lowest BCUT2D eigenvalue weighted by atomic mass is 10.1. The maximum Gasteiger partial charge on any atom is 0.275 e. The van der Waals surface area contributed by atoms with Crippen LogP contribution in [0.15, 0.2) is 60.9 Å². The fraction of sp³-hybridized carbons (Fsp3) is 0.182. The zero-order chi connectivity index (χ0) is 20.6. The van der Waals surface area contributed by atoms with Gasteiger partial charge in [0.05, 0.1) is 19.5 Å². The van der Waals surface area contributed by atoms with Crippen molar-refractivity contribution in [2.75, 3.05) is 24.3 Å². The Labute approximate surface area is 169 Å². The third kappa shape index (κ3) is 5.62. The van der Waals surface area contributed by atoms with Crippen molar-refractivity contribution in [1.29, 1.82) is 0 Å². The van der Waals surface area contributed by atoms with Crippen molar-refractivity contribution in [2.24, 2.45) is 0 Å². The van der Waals surface area contributed by atoms with E-state index in [-0.39, 0.29) is 17.4 Å². The van der Waals surface area contributed by atoms with Crippen molar-refractivity contribution in [3.05, 3.63) is 77.7 Å². The van der Waals surface area contributed by atoms with Gasteiger partial charge in [0.2, 0.25) is 0 Å². The van der Waals surface area contributed by atoms with E-state index in [1.165, 1.54) is 24.9 Å². The van der Waals surface area contributed by atoms with E-state index in [1.807, 2.05) is 24.3 Å². The number of rotatable bonds is 8. The number of anilines is 2. The van der Waals surface area contributed by atoms with Crippen LogP contribution in [0.25, 0.3) is 0 Å². The van der Waals surface area contributed by atoms with Crippen LogP contribution >= 0.6 is 0 Å². The zero-order valence-electron chi connectivity index (χ0n) is 16.3. The zero-order valence-corrected chi connectivity index (χ0v) is 16.3. The lowest BCUT2D eigenvalue weighted by Gasteiger charge is -2.08. The molecule has 0 radical (unpaired) electrons. The molecule has 1 aromatic heterocycles. The number of ether oxygens (including phenoxy) is 1. The molecule has 2 N–H and O–H groups in total. The first-order chi connectivity index (χ1) is 14.0. The predicted molar refractivity (Wildman–Crippen MR) is 112 cm³/mol. The van der Waals surface area contributed by atoms with Gasteiger partial charge in [0, 0.05) is 17.8 Å². The van der Waals surface area contributed by atoms with Gasteiger partial charge in [-0.1, -0.05) is 24.3 Å². The van der Waals surface area contributed by atoms with Gasteiger partial charge >= 0.3 is 0 Å². The first kappa shape index (κ1) is 20.0. The molecule has 0 aliphatic heterocycles. The highest BCUT2D eigenvalue weighted by atomic mass is 16.5. The van der Waals surface area contributed by atoms with Crippen LogP contribution in [-0.4, -0.2) is 35.3 Å². The summed E-state index contributed by atoms with van der Waals surface area (Å²) in [5.41, 5.74) is 2.44. The van der Waals surface area contributed by atoms with Crippen molar-refractivity contribution in [3.8, 4) is 5.75 Å². The molecule has 0 saturated carbocycles. The molecule has 148 valence electrons. The fourth-order valence-electron chi connectivity index (χ4n) is 2.67. The third-order valence-electron chi connectivity index (χ3n) is 4.29. The average molecular weight is 390 g/mol. The van der Waals surface area contributed by atoms with Gasteiger partial charge in [0.1, 0.15) is 17.3 Å². The van der Waals surface area contributed by atoms with Crippen molar-refractivity contribution < 1.29 is 14.3 Å². The van der Waals surface area contributed by atoms with Gasteiger partial charge in [-0.25, -0.2) is 9.97 Å². The van der Waals surface area contributed by atoms with Gasteiger partial charge in [0.15, 0.2) is 5.78 Å². The number of hydrogen-bond acceptors (Lipinski definition) is 6. The molecule has 7 nitrogen and oxygen atoms in total. The molecule has 0 fully saturated rings. The molecular weight excluding hydrogens is 368 g/mol. The molecular formula is C22H22N4O3. The number of hydrogen-bond donors (Lipinski definition) is 2. The first-order valence-corrected chi connectivity index (χ1v) is 9.16. The SMILES string of the molecule is COc1ccc(CCNc2cnc(C(=O)Nc3cccc(C(C)=O)c3)cn2)cc1. The summed E-state index contributed by atoms with van der Waals surface area (Å²) in [5.74, 6) is 0.969. The minimum Gasteiger partial charge on any atom is -0.497 e. The van der Waals surface area contributed by atoms with E-state index in [9.17, 15) is 9.59 Å². The molecule has 7 heteroatoms. The van der Waals surface area contributed by atoms with Gasteiger partial charge in [-0.05, 0) is 43.2 Å². The largest absolute Gasteiger partial charge is 0.497 e. The Morgan fingerprint density at radius 1 is 1.03 bits per heavy atom. The standard InChI is InChI=1S/C22H22N4O3/c1-15(27)17-4-3-5-18(12-17)26-22(28)20-13-25-21(14-24-20)23-11-10-16-6-8-19(29-2)9-7-16/h3-9,12-14H,10-11H2,1-2H3,(H,23,25)(H,26,28). The molecule has 1 heterocycles. The summed E-state index contributed by atoms with van der Waals surface area (Å²) in [4.78, 5) is 32.2. The van der Waals surface area contributed by atoms with Crippen molar-refractivity contribution in [1.82, 2.24) is 9.97 Å². The lowest BCUT2D eigenvalue weighted by molar-refractivity contribution is 0.100. The van der Waals surface area contributed by atoms with E-state index in [0.29, 0.717) is 23.6 Å². The fourth-order valence-corrected chi connectivity index (χ4v) is 2.67. The summed E-state index contributed by atoms with van der Waals surface area (Å²) in [5, 5.41) is 5.91. The molecule has 0 aliphatic rings. The second-order valence-corrected chi connectivity index (χ2v) is 6.40. The number of aromatic nitrogens is 2. The molecule has 2 aromatic carbocycles. The number of methoxy groups -OCH3 is 1. The number of nitrogens with zero attached hydrogens (tertiary/aromatic N) is 2. The van der Waals surface area contributed by atoms with Gasteiger partial charge < -0.3 is 15.4 Å². The minimum atomic E-state index is -0.386. The number of benzene rings is 2. The number of carbonyl (C=O) groups is 2. The number of ketones is 1. The van der Waals surface area contributed by atoms with E-state index in [4.69, 9.17) is 4.74 Å². The highest BCUT2D eigenvalue weighted by Gasteiger charge is 2.09. The normalized spacial score (nSPS) is 10.3. The first-order valence-electron chi connectivity index (χ1n) is 9.16. The van der Waals surface area contributed by atoms with Gasteiger partial charge in [-0.15, -0.1) is 0 Å². The van der Waals surface area contributed by atoms with Crippen molar-refractivity contribution >= 4 is 23.2 Å². The van der Waals surface area contributed by atoms with Crippen LogP contribution in [0.3, 0.4) is 0 Å². The van der Waals surface area contributed by atoms with Crippen LogP contribution < -0.4 is 15.4 Å². The Balaban J connectivity index is 1.53. The van der Waals surface area contributed by atoms with Gasteiger partial charge in [-0.2, -0.15) is 0 Å². The second kappa shape index (κ2) is 9.45. The molecule has 29 heavy (non-hydrogen) atoms. The monoisotopic (exact) mass is 390 g/mol. The third-order valence-corrected chi connectivity index (χ3v) is 4.29. The number of nitrogens with one attached hydrogen (secondary N) is 2. The molecule has 0 unspecified atom stereocenters. The van der Waals surface area contributed by atoms with Crippen LogP contribution in [-0.2, 0) is 6.42 Å². The molecule has 3 aromatic rings. The highest BCUT2D eigenvalue weighted by molar-refractivity contribution is 6.03. The Morgan fingerprint density at radius 3 is 2.48 bits per heavy atom. The van der Waals surface area contributed by atoms with Crippen molar-refractivity contribution in [2.45, 2.75) is 13.3 Å². The summed E-state index contributed by atoms with van der Waals surface area (Å²) in [6, 6.07) is 14.6. The van der Waals surface area contributed by atoms with E-state index >= 15 is 0 Å². The smallest absolute Gasteiger partial charge is 0.275 e. The van der Waals surface area contributed by atoms with Crippen molar-refractivity contribution in [3.63, 3.8) is 0 Å². The Morgan fingerprint density at radius 2 is 1.83 bits per heavy atom. The molecule has 0 atom stereocenters. The van der Waals surface area contributed by atoms with E-state index in [1.54, 1.807) is 31.4 Å². The number of Topliss-reactive ketones (excluding diaryl/α,β-unsaturated/α-hetero) is 1. The summed E-state index contributed by atoms with van der Waals surface area (Å²) >= 11 is 0. The van der Waals surface area contributed by atoms with Gasteiger partial charge in [0.25, 0.3) is 5.91 Å².